The molecule has 10 heavy (non-hydrogen) atoms. The predicted molar refractivity (Wildman–Crippen MR) is 40.5 cm³/mol. The Labute approximate surface area is 62.1 Å². The van der Waals surface area contributed by atoms with E-state index in [1.165, 1.54) is 6.92 Å². The summed E-state index contributed by atoms with van der Waals surface area (Å²) in [5.74, 6) is 0.0556. The second-order valence-electron chi connectivity index (χ2n) is 2.97. The Morgan fingerprint density at radius 2 is 2.00 bits per heavy atom. The maximum Gasteiger partial charge on any atom is 0.288 e. The molecule has 2 heteroatoms. The van der Waals surface area contributed by atoms with Crippen LogP contribution in [0, 0.1) is 12.5 Å². The van der Waals surface area contributed by atoms with Gasteiger partial charge in [0.15, 0.2) is 0 Å². The van der Waals surface area contributed by atoms with Crippen LogP contribution in [0.3, 0.4) is 0 Å². The van der Waals surface area contributed by atoms with Crippen LogP contribution in [-0.4, -0.2) is 11.3 Å². The molecule has 0 aliphatic rings. The third kappa shape index (κ3) is 1.36. The number of Topliss-reactive ketones (excluding diaryl/α,β-unsaturated/α-hetero) is 1. The van der Waals surface area contributed by atoms with Gasteiger partial charge in [0.05, 0.1) is 0 Å². The molecule has 56 valence electrons. The average molecular weight is 139 g/mol. The highest BCUT2D eigenvalue weighted by Crippen LogP contribution is 2.21. The predicted octanol–water partition coefficient (Wildman–Crippen LogP) is 1.91. The van der Waals surface area contributed by atoms with E-state index in [0.29, 0.717) is 0 Å². The molecule has 1 unspecified atom stereocenters. The monoisotopic (exact) mass is 139 g/mol. The fraction of sp³-hybridized carbons (Fsp3) is 0.750. The molecule has 0 aromatic carbocycles. The molecule has 0 aliphatic carbocycles. The average Bonchev–Trinajstić information content (AvgIpc) is 1.85. The zero-order valence-electron chi connectivity index (χ0n) is 6.93. The van der Waals surface area contributed by atoms with E-state index in [0.717, 1.165) is 0 Å². The molecule has 1 atom stereocenters. The first-order chi connectivity index (χ1) is 4.45. The van der Waals surface area contributed by atoms with Crippen LogP contribution in [0.5, 0.6) is 0 Å². The fourth-order valence-corrected chi connectivity index (χ4v) is 0.614. The summed E-state index contributed by atoms with van der Waals surface area (Å²) < 4.78 is 0. The first kappa shape index (κ1) is 9.16. The quantitative estimate of drug-likeness (QED) is 0.535. The van der Waals surface area contributed by atoms with E-state index in [-0.39, 0.29) is 11.7 Å². The zero-order chi connectivity index (χ0) is 8.36. The Balaban J connectivity index is 4.60. The Morgan fingerprint density at radius 3 is 2.00 bits per heavy atom. The molecule has 0 radical (unpaired) electrons. The largest absolute Gasteiger partial charge is 0.302 e. The summed E-state index contributed by atoms with van der Waals surface area (Å²) in [5, 5.41) is 0. The molecule has 0 spiro atoms. The SMILES string of the molecule is [C-]#[N+]C(C)(C(C)=O)C(C)C. The van der Waals surface area contributed by atoms with Crippen LogP contribution in [0.1, 0.15) is 27.7 Å². The van der Waals surface area contributed by atoms with Crippen LogP contribution in [0.25, 0.3) is 4.85 Å². The second kappa shape index (κ2) is 2.83. The Kier molecular flexibility index (Phi) is 2.59. The normalized spacial score (nSPS) is 16.0. The first-order valence-corrected chi connectivity index (χ1v) is 3.34. The van der Waals surface area contributed by atoms with E-state index in [1.807, 2.05) is 13.8 Å². The highest BCUT2D eigenvalue weighted by Gasteiger charge is 2.39. The number of carbonyl (C=O) groups is 1. The van der Waals surface area contributed by atoms with Gasteiger partial charge < -0.3 is 4.85 Å². The zero-order valence-corrected chi connectivity index (χ0v) is 6.93. The van der Waals surface area contributed by atoms with Gasteiger partial charge in [-0.05, 0) is 0 Å². The molecule has 0 fully saturated rings. The lowest BCUT2D eigenvalue weighted by atomic mass is 9.86. The lowest BCUT2D eigenvalue weighted by Crippen LogP contribution is -2.35. The summed E-state index contributed by atoms with van der Waals surface area (Å²) in [6, 6.07) is 0. The number of ketones is 1. The molecule has 0 aromatic rings. The maximum atomic E-state index is 10.9. The molecule has 0 saturated carbocycles. The number of rotatable bonds is 2. The third-order valence-electron chi connectivity index (χ3n) is 2.07. The van der Waals surface area contributed by atoms with Crippen molar-refractivity contribution in [3.05, 3.63) is 11.4 Å². The first-order valence-electron chi connectivity index (χ1n) is 3.34. The molecule has 0 bridgehead atoms. The summed E-state index contributed by atoms with van der Waals surface area (Å²) in [4.78, 5) is 14.2. The van der Waals surface area contributed by atoms with E-state index in [2.05, 4.69) is 4.85 Å². The molecule has 0 saturated heterocycles. The molecule has 0 rings (SSSR count). The molecule has 2 nitrogen and oxygen atoms in total. The van der Waals surface area contributed by atoms with Crippen molar-refractivity contribution in [2.45, 2.75) is 33.2 Å². The van der Waals surface area contributed by atoms with Crippen LogP contribution in [0.2, 0.25) is 0 Å². The molecule has 0 amide bonds. The molecule has 0 aliphatic heterocycles. The van der Waals surface area contributed by atoms with Crippen molar-refractivity contribution in [2.24, 2.45) is 5.92 Å². The lowest BCUT2D eigenvalue weighted by molar-refractivity contribution is -0.121. The highest BCUT2D eigenvalue weighted by molar-refractivity contribution is 5.87. The summed E-state index contributed by atoms with van der Waals surface area (Å²) in [5.41, 5.74) is -0.806. The summed E-state index contributed by atoms with van der Waals surface area (Å²) in [7, 11) is 0. The number of hydrogen-bond donors (Lipinski definition) is 0. The van der Waals surface area contributed by atoms with Crippen LogP contribution in [0.4, 0.5) is 0 Å². The van der Waals surface area contributed by atoms with Gasteiger partial charge in [0, 0.05) is 19.8 Å². The molecule has 0 N–H and O–H groups in total. The minimum Gasteiger partial charge on any atom is -0.302 e. The number of carbonyl (C=O) groups excluding carboxylic acids is 1. The van der Waals surface area contributed by atoms with E-state index in [4.69, 9.17) is 6.57 Å². The Bertz CT molecular complexity index is 178. The van der Waals surface area contributed by atoms with Gasteiger partial charge >= 0.3 is 0 Å². The lowest BCUT2D eigenvalue weighted by Gasteiger charge is -2.16. The molecular weight excluding hydrogens is 126 g/mol. The van der Waals surface area contributed by atoms with E-state index in [1.54, 1.807) is 6.92 Å². The maximum absolute atomic E-state index is 10.9. The number of nitrogens with zero attached hydrogens (tertiary/aromatic N) is 1. The third-order valence-corrected chi connectivity index (χ3v) is 2.07. The van der Waals surface area contributed by atoms with E-state index < -0.39 is 5.54 Å². The molecular formula is C8H13NO. The minimum atomic E-state index is -0.806. The topological polar surface area (TPSA) is 21.4 Å². The standard InChI is InChI=1S/C8H13NO/c1-6(2)8(4,9-5)7(3)10/h6H,1-4H3. The fourth-order valence-electron chi connectivity index (χ4n) is 0.614. The Hall–Kier alpha value is -0.840. The van der Waals surface area contributed by atoms with Gasteiger partial charge in [-0.3, -0.25) is 4.79 Å². The van der Waals surface area contributed by atoms with Crippen molar-refractivity contribution in [1.82, 2.24) is 0 Å². The molecule has 0 heterocycles. The van der Waals surface area contributed by atoms with Gasteiger partial charge in [0.25, 0.3) is 5.54 Å². The van der Waals surface area contributed by atoms with Gasteiger partial charge in [-0.15, -0.1) is 0 Å². The van der Waals surface area contributed by atoms with Crippen molar-refractivity contribution in [3.63, 3.8) is 0 Å². The summed E-state index contributed by atoms with van der Waals surface area (Å²) in [6.45, 7) is 13.8. The van der Waals surface area contributed by atoms with Crippen LogP contribution in [0.15, 0.2) is 0 Å². The van der Waals surface area contributed by atoms with Gasteiger partial charge in [-0.2, -0.15) is 0 Å². The van der Waals surface area contributed by atoms with Crippen molar-refractivity contribution in [1.29, 1.82) is 0 Å². The smallest absolute Gasteiger partial charge is 0.288 e. The van der Waals surface area contributed by atoms with Gasteiger partial charge in [-0.1, -0.05) is 13.8 Å². The van der Waals surface area contributed by atoms with E-state index in [9.17, 15) is 4.79 Å². The summed E-state index contributed by atoms with van der Waals surface area (Å²) >= 11 is 0. The summed E-state index contributed by atoms with van der Waals surface area (Å²) in [6.07, 6.45) is 0. The minimum absolute atomic E-state index is 0.0440. The van der Waals surface area contributed by atoms with Gasteiger partial charge in [0.2, 0.25) is 5.78 Å². The van der Waals surface area contributed by atoms with Crippen molar-refractivity contribution in [3.8, 4) is 0 Å². The Morgan fingerprint density at radius 1 is 1.60 bits per heavy atom. The van der Waals surface area contributed by atoms with Gasteiger partial charge in [0.1, 0.15) is 0 Å². The van der Waals surface area contributed by atoms with Crippen molar-refractivity contribution < 1.29 is 4.79 Å². The van der Waals surface area contributed by atoms with E-state index >= 15 is 0 Å². The van der Waals surface area contributed by atoms with Crippen LogP contribution >= 0.6 is 0 Å². The van der Waals surface area contributed by atoms with Gasteiger partial charge in [-0.25, -0.2) is 6.57 Å². The second-order valence-corrected chi connectivity index (χ2v) is 2.97. The van der Waals surface area contributed by atoms with Crippen molar-refractivity contribution in [2.75, 3.05) is 0 Å². The highest BCUT2D eigenvalue weighted by atomic mass is 16.1. The number of hydrogen-bond acceptors (Lipinski definition) is 1. The van der Waals surface area contributed by atoms with Crippen LogP contribution < -0.4 is 0 Å². The molecule has 0 aromatic heterocycles. The van der Waals surface area contributed by atoms with Crippen molar-refractivity contribution >= 4 is 5.78 Å². The van der Waals surface area contributed by atoms with Crippen LogP contribution in [-0.2, 0) is 4.79 Å².